The molecule has 2 nitrogen and oxygen atoms in total. The summed E-state index contributed by atoms with van der Waals surface area (Å²) in [5, 5.41) is 3.72. The smallest absolute Gasteiger partial charge is 0.0249 e. The first-order valence-corrected chi connectivity index (χ1v) is 7.22. The third kappa shape index (κ3) is 2.98. The first-order chi connectivity index (χ1) is 7.74. The van der Waals surface area contributed by atoms with Crippen LogP contribution in [0, 0.1) is 11.8 Å². The van der Waals surface area contributed by atoms with Crippen LogP contribution in [0.25, 0.3) is 0 Å². The number of nitrogens with zero attached hydrogens (tertiary/aromatic N) is 1. The van der Waals surface area contributed by atoms with Gasteiger partial charge < -0.3 is 5.32 Å². The van der Waals surface area contributed by atoms with Crippen molar-refractivity contribution < 1.29 is 0 Å². The number of rotatable bonds is 5. The summed E-state index contributed by atoms with van der Waals surface area (Å²) in [6.45, 7) is 10.8. The normalized spacial score (nSPS) is 33.9. The molecule has 1 aliphatic heterocycles. The molecule has 0 aromatic heterocycles. The van der Waals surface area contributed by atoms with E-state index in [1.165, 1.54) is 45.3 Å². The molecule has 3 unspecified atom stereocenters. The van der Waals surface area contributed by atoms with Crippen LogP contribution in [0.1, 0.15) is 46.5 Å². The highest BCUT2D eigenvalue weighted by Gasteiger charge is 2.38. The van der Waals surface area contributed by atoms with E-state index in [1.54, 1.807) is 0 Å². The minimum atomic E-state index is 0.735. The molecule has 1 saturated carbocycles. The maximum Gasteiger partial charge on any atom is 0.0249 e. The van der Waals surface area contributed by atoms with Gasteiger partial charge in [0.15, 0.2) is 0 Å². The second-order valence-electron chi connectivity index (χ2n) is 5.89. The van der Waals surface area contributed by atoms with Crippen LogP contribution in [0.2, 0.25) is 0 Å². The van der Waals surface area contributed by atoms with E-state index in [9.17, 15) is 0 Å². The summed E-state index contributed by atoms with van der Waals surface area (Å²) in [5.41, 5.74) is 0. The van der Waals surface area contributed by atoms with E-state index in [1.807, 2.05) is 0 Å². The lowest BCUT2D eigenvalue weighted by atomic mass is 10.0. The molecule has 16 heavy (non-hydrogen) atoms. The van der Waals surface area contributed by atoms with Crippen LogP contribution < -0.4 is 5.32 Å². The molecular formula is C14H28N2. The molecule has 94 valence electrons. The topological polar surface area (TPSA) is 15.3 Å². The van der Waals surface area contributed by atoms with Crippen LogP contribution in [0.4, 0.5) is 0 Å². The Morgan fingerprint density at radius 2 is 2.06 bits per heavy atom. The van der Waals surface area contributed by atoms with Gasteiger partial charge in [-0.15, -0.1) is 0 Å². The Labute approximate surface area is 101 Å². The molecule has 1 saturated heterocycles. The second-order valence-corrected chi connectivity index (χ2v) is 5.89. The summed E-state index contributed by atoms with van der Waals surface area (Å²) < 4.78 is 0. The minimum Gasteiger partial charge on any atom is -0.311 e. The number of hydrogen-bond acceptors (Lipinski definition) is 2. The van der Waals surface area contributed by atoms with E-state index in [0.29, 0.717) is 0 Å². The molecule has 0 spiro atoms. The molecule has 1 N–H and O–H groups in total. The minimum absolute atomic E-state index is 0.735. The van der Waals surface area contributed by atoms with Crippen molar-refractivity contribution in [3.8, 4) is 0 Å². The van der Waals surface area contributed by atoms with E-state index in [0.717, 1.165) is 23.9 Å². The third-order valence-electron chi connectivity index (χ3n) is 4.44. The molecule has 3 atom stereocenters. The van der Waals surface area contributed by atoms with Crippen molar-refractivity contribution >= 4 is 0 Å². The fourth-order valence-electron chi connectivity index (χ4n) is 2.86. The number of nitrogens with one attached hydrogen (secondary N) is 1. The largest absolute Gasteiger partial charge is 0.311 e. The molecule has 0 bridgehead atoms. The summed E-state index contributed by atoms with van der Waals surface area (Å²) in [6.07, 6.45) is 5.53. The Balaban J connectivity index is 1.91. The molecule has 2 fully saturated rings. The molecule has 0 aromatic carbocycles. The highest BCUT2D eigenvalue weighted by molar-refractivity contribution is 4.95. The summed E-state index contributed by atoms with van der Waals surface area (Å²) in [4.78, 5) is 2.79. The van der Waals surface area contributed by atoms with E-state index < -0.39 is 0 Å². The fraction of sp³-hybridized carbons (Fsp3) is 1.00. The summed E-state index contributed by atoms with van der Waals surface area (Å²) >= 11 is 0. The van der Waals surface area contributed by atoms with Crippen LogP contribution in [0.15, 0.2) is 0 Å². The van der Waals surface area contributed by atoms with Crippen LogP contribution in [-0.2, 0) is 0 Å². The number of hydrogen-bond donors (Lipinski definition) is 1. The lowest BCUT2D eigenvalue weighted by molar-refractivity contribution is 0.0968. The van der Waals surface area contributed by atoms with Gasteiger partial charge in [0.05, 0.1) is 0 Å². The Morgan fingerprint density at radius 1 is 1.31 bits per heavy atom. The lowest BCUT2D eigenvalue weighted by Crippen LogP contribution is -2.57. The highest BCUT2D eigenvalue weighted by Crippen LogP contribution is 2.36. The predicted molar refractivity (Wildman–Crippen MR) is 69.6 cm³/mol. The van der Waals surface area contributed by atoms with E-state index in [4.69, 9.17) is 0 Å². The maximum absolute atomic E-state index is 3.72. The SMILES string of the molecule is CCC(C)CN1CC(CC)NCC1C1CC1. The summed E-state index contributed by atoms with van der Waals surface area (Å²) in [6, 6.07) is 1.58. The van der Waals surface area contributed by atoms with Crippen molar-refractivity contribution in [3.05, 3.63) is 0 Å². The molecule has 0 aromatic rings. The van der Waals surface area contributed by atoms with Crippen LogP contribution in [-0.4, -0.2) is 36.6 Å². The first kappa shape index (κ1) is 12.4. The van der Waals surface area contributed by atoms with E-state index in [-0.39, 0.29) is 0 Å². The van der Waals surface area contributed by atoms with Gasteiger partial charge in [0, 0.05) is 31.7 Å². The first-order valence-electron chi connectivity index (χ1n) is 7.22. The molecular weight excluding hydrogens is 196 g/mol. The summed E-state index contributed by atoms with van der Waals surface area (Å²) in [5.74, 6) is 1.87. The predicted octanol–water partition coefficient (Wildman–Crippen LogP) is 2.49. The molecule has 2 aliphatic rings. The van der Waals surface area contributed by atoms with Gasteiger partial charge in [-0.2, -0.15) is 0 Å². The number of piperazine rings is 1. The van der Waals surface area contributed by atoms with Gasteiger partial charge in [-0.1, -0.05) is 27.2 Å². The highest BCUT2D eigenvalue weighted by atomic mass is 15.2. The Hall–Kier alpha value is -0.0800. The van der Waals surface area contributed by atoms with Crippen molar-refractivity contribution in [2.24, 2.45) is 11.8 Å². The standard InChI is InChI=1S/C14H28N2/c1-4-11(3)9-16-10-13(5-2)15-8-14(16)12-6-7-12/h11-15H,4-10H2,1-3H3. The van der Waals surface area contributed by atoms with E-state index in [2.05, 4.69) is 31.0 Å². The maximum atomic E-state index is 3.72. The third-order valence-corrected chi connectivity index (χ3v) is 4.44. The molecule has 1 aliphatic carbocycles. The Kier molecular flexibility index (Phi) is 4.26. The van der Waals surface area contributed by atoms with Gasteiger partial charge in [-0.25, -0.2) is 0 Å². The van der Waals surface area contributed by atoms with Crippen molar-refractivity contribution in [2.75, 3.05) is 19.6 Å². The average molecular weight is 224 g/mol. The van der Waals surface area contributed by atoms with E-state index >= 15 is 0 Å². The zero-order valence-electron chi connectivity index (χ0n) is 11.2. The second kappa shape index (κ2) is 5.50. The van der Waals surface area contributed by atoms with Crippen LogP contribution in [0.5, 0.6) is 0 Å². The van der Waals surface area contributed by atoms with Gasteiger partial charge in [0.1, 0.15) is 0 Å². The Morgan fingerprint density at radius 3 is 2.62 bits per heavy atom. The monoisotopic (exact) mass is 224 g/mol. The van der Waals surface area contributed by atoms with Crippen molar-refractivity contribution in [2.45, 2.75) is 58.5 Å². The van der Waals surface area contributed by atoms with Gasteiger partial charge >= 0.3 is 0 Å². The fourth-order valence-corrected chi connectivity index (χ4v) is 2.86. The quantitative estimate of drug-likeness (QED) is 0.772. The molecule has 1 heterocycles. The lowest BCUT2D eigenvalue weighted by Gasteiger charge is -2.41. The molecule has 2 heteroatoms. The van der Waals surface area contributed by atoms with Gasteiger partial charge in [-0.3, -0.25) is 4.90 Å². The molecule has 2 rings (SSSR count). The van der Waals surface area contributed by atoms with Crippen LogP contribution >= 0.6 is 0 Å². The van der Waals surface area contributed by atoms with Crippen molar-refractivity contribution in [1.29, 1.82) is 0 Å². The van der Waals surface area contributed by atoms with Gasteiger partial charge in [-0.05, 0) is 31.1 Å². The summed E-state index contributed by atoms with van der Waals surface area (Å²) in [7, 11) is 0. The zero-order valence-corrected chi connectivity index (χ0v) is 11.2. The Bertz CT molecular complexity index is 211. The zero-order chi connectivity index (χ0) is 11.5. The van der Waals surface area contributed by atoms with Gasteiger partial charge in [0.2, 0.25) is 0 Å². The average Bonchev–Trinajstić information content (AvgIpc) is 3.12. The van der Waals surface area contributed by atoms with Crippen LogP contribution in [0.3, 0.4) is 0 Å². The van der Waals surface area contributed by atoms with Crippen molar-refractivity contribution in [1.82, 2.24) is 10.2 Å². The molecule has 0 amide bonds. The van der Waals surface area contributed by atoms with Gasteiger partial charge in [0.25, 0.3) is 0 Å². The molecule has 0 radical (unpaired) electrons. The van der Waals surface area contributed by atoms with Crippen molar-refractivity contribution in [3.63, 3.8) is 0 Å².